The van der Waals surface area contributed by atoms with Crippen molar-refractivity contribution in [3.05, 3.63) is 86.7 Å². The third-order valence-corrected chi connectivity index (χ3v) is 4.92. The van der Waals surface area contributed by atoms with Crippen molar-refractivity contribution in [2.45, 2.75) is 13.5 Å². The molecule has 0 aliphatic rings. The van der Waals surface area contributed by atoms with Crippen molar-refractivity contribution in [2.75, 3.05) is 12.4 Å². The summed E-state index contributed by atoms with van der Waals surface area (Å²) in [7, 11) is 1.52. The van der Waals surface area contributed by atoms with Crippen molar-refractivity contribution in [3.8, 4) is 11.5 Å². The molecular weight excluding hydrogens is 472 g/mol. The summed E-state index contributed by atoms with van der Waals surface area (Å²) in [4.78, 5) is 12.5. The van der Waals surface area contributed by atoms with Crippen LogP contribution in [0, 0.1) is 16.3 Å². The van der Waals surface area contributed by atoms with Gasteiger partial charge in [0.1, 0.15) is 12.4 Å². The van der Waals surface area contributed by atoms with Gasteiger partial charge in [-0.25, -0.2) is 4.39 Å². The predicted molar refractivity (Wildman–Crippen MR) is 116 cm³/mol. The smallest absolute Gasteiger partial charge is 0.255 e. The zero-order chi connectivity index (χ0) is 20.1. The van der Waals surface area contributed by atoms with Crippen molar-refractivity contribution in [2.24, 2.45) is 0 Å². The largest absolute Gasteiger partial charge is 0.493 e. The number of aryl methyl sites for hydroxylation is 1. The maximum Gasteiger partial charge on any atom is 0.255 e. The van der Waals surface area contributed by atoms with Gasteiger partial charge in [-0.1, -0.05) is 42.0 Å². The lowest BCUT2D eigenvalue weighted by Gasteiger charge is -2.15. The Balaban J connectivity index is 1.79. The lowest BCUT2D eigenvalue weighted by molar-refractivity contribution is 0.102. The van der Waals surface area contributed by atoms with E-state index in [4.69, 9.17) is 9.47 Å². The second-order valence-corrected chi connectivity index (χ2v) is 7.36. The Morgan fingerprint density at radius 2 is 1.82 bits per heavy atom. The molecule has 1 amide bonds. The number of rotatable bonds is 6. The van der Waals surface area contributed by atoms with E-state index in [-0.39, 0.29) is 5.69 Å². The number of hydrogen-bond acceptors (Lipinski definition) is 3. The third-order valence-electron chi connectivity index (χ3n) is 4.12. The number of carbonyl (C=O) groups is 1. The highest BCUT2D eigenvalue weighted by Crippen LogP contribution is 2.35. The maximum absolute atomic E-state index is 13.8. The fourth-order valence-corrected chi connectivity index (χ4v) is 3.34. The molecule has 0 heterocycles. The number of carbonyl (C=O) groups excluding carboxylic acids is 1. The molecule has 0 radical (unpaired) electrons. The van der Waals surface area contributed by atoms with Crippen molar-refractivity contribution in [1.82, 2.24) is 0 Å². The molecule has 3 aromatic rings. The van der Waals surface area contributed by atoms with Gasteiger partial charge in [-0.15, -0.1) is 0 Å². The number of halogens is 2. The van der Waals surface area contributed by atoms with E-state index in [1.54, 1.807) is 24.3 Å². The van der Waals surface area contributed by atoms with Crippen LogP contribution in [0.25, 0.3) is 0 Å². The molecule has 6 heteroatoms. The highest BCUT2D eigenvalue weighted by molar-refractivity contribution is 14.1. The molecule has 0 saturated heterocycles. The van der Waals surface area contributed by atoms with E-state index >= 15 is 0 Å². The Morgan fingerprint density at radius 1 is 1.11 bits per heavy atom. The van der Waals surface area contributed by atoms with Gasteiger partial charge >= 0.3 is 0 Å². The monoisotopic (exact) mass is 491 g/mol. The number of nitrogens with one attached hydrogen (secondary N) is 1. The van der Waals surface area contributed by atoms with Gasteiger partial charge in [-0.05, 0) is 59.3 Å². The second-order valence-electron chi connectivity index (χ2n) is 6.20. The van der Waals surface area contributed by atoms with E-state index in [1.165, 1.54) is 24.8 Å². The van der Waals surface area contributed by atoms with Crippen LogP contribution in [0.1, 0.15) is 21.5 Å². The molecule has 0 unspecified atom stereocenters. The fraction of sp³-hybridized carbons (Fsp3) is 0.136. The van der Waals surface area contributed by atoms with Crippen LogP contribution in [0.15, 0.2) is 60.7 Å². The van der Waals surface area contributed by atoms with E-state index in [1.807, 2.05) is 31.2 Å². The van der Waals surface area contributed by atoms with Gasteiger partial charge in [0.25, 0.3) is 5.91 Å². The second kappa shape index (κ2) is 9.05. The first-order chi connectivity index (χ1) is 13.5. The summed E-state index contributed by atoms with van der Waals surface area (Å²) in [5.74, 6) is 0.0887. The van der Waals surface area contributed by atoms with E-state index < -0.39 is 11.7 Å². The van der Waals surface area contributed by atoms with Gasteiger partial charge < -0.3 is 14.8 Å². The zero-order valence-corrected chi connectivity index (χ0v) is 17.6. The van der Waals surface area contributed by atoms with Crippen molar-refractivity contribution in [3.63, 3.8) is 0 Å². The molecule has 1 N–H and O–H groups in total. The highest BCUT2D eigenvalue weighted by Gasteiger charge is 2.17. The van der Waals surface area contributed by atoms with Gasteiger partial charge in [-0.3, -0.25) is 4.79 Å². The highest BCUT2D eigenvalue weighted by atomic mass is 127. The summed E-state index contributed by atoms with van der Waals surface area (Å²) in [5.41, 5.74) is 2.69. The Hall–Kier alpha value is -2.61. The first-order valence-electron chi connectivity index (χ1n) is 8.59. The molecule has 0 aliphatic heterocycles. The first-order valence-corrected chi connectivity index (χ1v) is 9.67. The summed E-state index contributed by atoms with van der Waals surface area (Å²) in [6, 6.07) is 17.4. The molecular formula is C22H19FINO3. The minimum absolute atomic E-state index is 0.126. The van der Waals surface area contributed by atoms with E-state index in [9.17, 15) is 9.18 Å². The first kappa shape index (κ1) is 20.1. The molecule has 4 nitrogen and oxygen atoms in total. The number of ether oxygens (including phenoxy) is 2. The number of benzene rings is 3. The van der Waals surface area contributed by atoms with Crippen molar-refractivity contribution in [1.29, 1.82) is 0 Å². The standard InChI is InChI=1S/C22H19FINO3/c1-14-7-9-15(10-8-14)13-28-21-18(24)11-16(12-20(21)27-2)22(26)25-19-6-4-3-5-17(19)23/h3-12H,13H2,1-2H3,(H,25,26). The summed E-state index contributed by atoms with van der Waals surface area (Å²) >= 11 is 2.10. The SMILES string of the molecule is COc1cc(C(=O)Nc2ccccc2F)cc(I)c1OCc1ccc(C)cc1. The van der Waals surface area contributed by atoms with Crippen LogP contribution in [-0.2, 0) is 6.61 Å². The predicted octanol–water partition coefficient (Wildman–Crippen LogP) is 5.58. The third kappa shape index (κ3) is 4.81. The molecule has 144 valence electrons. The fourth-order valence-electron chi connectivity index (χ4n) is 2.59. The Kier molecular flexibility index (Phi) is 6.51. The minimum Gasteiger partial charge on any atom is -0.493 e. The quantitative estimate of drug-likeness (QED) is 0.459. The number of para-hydroxylation sites is 1. The summed E-state index contributed by atoms with van der Waals surface area (Å²) in [6.45, 7) is 2.41. The topological polar surface area (TPSA) is 47.6 Å². The van der Waals surface area contributed by atoms with Crippen LogP contribution in [0.4, 0.5) is 10.1 Å². The average molecular weight is 491 g/mol. The minimum atomic E-state index is -0.490. The summed E-state index contributed by atoms with van der Waals surface area (Å²) in [5, 5.41) is 2.57. The van der Waals surface area contributed by atoms with Gasteiger partial charge in [0.15, 0.2) is 11.5 Å². The van der Waals surface area contributed by atoms with Crippen LogP contribution >= 0.6 is 22.6 Å². The summed E-state index contributed by atoms with van der Waals surface area (Å²) in [6.07, 6.45) is 0. The van der Waals surface area contributed by atoms with Crippen molar-refractivity contribution >= 4 is 34.2 Å². The van der Waals surface area contributed by atoms with Crippen LogP contribution < -0.4 is 14.8 Å². The van der Waals surface area contributed by atoms with Gasteiger partial charge in [0, 0.05) is 5.56 Å². The number of amides is 1. The molecule has 3 aromatic carbocycles. The van der Waals surface area contributed by atoms with E-state index in [0.29, 0.717) is 23.7 Å². The molecule has 0 spiro atoms. The molecule has 3 rings (SSSR count). The van der Waals surface area contributed by atoms with Crippen LogP contribution in [-0.4, -0.2) is 13.0 Å². The number of methoxy groups -OCH3 is 1. The molecule has 28 heavy (non-hydrogen) atoms. The lowest BCUT2D eigenvalue weighted by Crippen LogP contribution is -2.14. The van der Waals surface area contributed by atoms with E-state index in [0.717, 1.165) is 9.13 Å². The molecule has 0 bridgehead atoms. The normalized spacial score (nSPS) is 10.4. The number of anilines is 1. The molecule has 0 saturated carbocycles. The average Bonchev–Trinajstić information content (AvgIpc) is 2.69. The van der Waals surface area contributed by atoms with Gasteiger partial charge in [0.05, 0.1) is 16.4 Å². The lowest BCUT2D eigenvalue weighted by atomic mass is 10.1. The molecule has 0 aromatic heterocycles. The van der Waals surface area contributed by atoms with E-state index in [2.05, 4.69) is 27.9 Å². The maximum atomic E-state index is 13.8. The Labute approximate surface area is 176 Å². The summed E-state index contributed by atoms with van der Waals surface area (Å²) < 4.78 is 25.9. The Bertz CT molecular complexity index is 990. The van der Waals surface area contributed by atoms with Crippen LogP contribution in [0.3, 0.4) is 0 Å². The molecule has 0 atom stereocenters. The van der Waals surface area contributed by atoms with Crippen LogP contribution in [0.5, 0.6) is 11.5 Å². The van der Waals surface area contributed by atoms with Gasteiger partial charge in [0.2, 0.25) is 0 Å². The Morgan fingerprint density at radius 3 is 2.50 bits per heavy atom. The van der Waals surface area contributed by atoms with Crippen molar-refractivity contribution < 1.29 is 18.7 Å². The van der Waals surface area contributed by atoms with Crippen LogP contribution in [0.2, 0.25) is 0 Å². The molecule has 0 aliphatic carbocycles. The number of hydrogen-bond donors (Lipinski definition) is 1. The molecule has 0 fully saturated rings. The zero-order valence-electron chi connectivity index (χ0n) is 15.5. The van der Waals surface area contributed by atoms with Gasteiger partial charge in [-0.2, -0.15) is 0 Å².